The topological polar surface area (TPSA) is 482 Å². The molecule has 6 aromatic heterocycles. The van der Waals surface area contributed by atoms with E-state index in [4.69, 9.17) is 20.2 Å². The second-order valence-corrected chi connectivity index (χ2v) is 33.2. The fourth-order valence-electron chi connectivity index (χ4n) is 14.1. The number of aromatic nitrogens is 18. The van der Waals surface area contributed by atoms with Gasteiger partial charge in [-0.2, -0.15) is 84.7 Å². The predicted molar refractivity (Wildman–Crippen MR) is 551 cm³/mol. The van der Waals surface area contributed by atoms with E-state index in [0.717, 1.165) is 108 Å². The Morgan fingerprint density at radius 2 is 0.627 bits per heavy atom. The van der Waals surface area contributed by atoms with Crippen LogP contribution in [0.25, 0.3) is 11.4 Å². The summed E-state index contributed by atoms with van der Waals surface area (Å²) >= 11 is 0. The van der Waals surface area contributed by atoms with Crippen molar-refractivity contribution in [3.8, 4) is 22.9 Å². The normalized spacial score (nSPS) is 11.7. The molecule has 142 heavy (non-hydrogen) atoms. The number of ether oxygens (including phenoxy) is 2. The number of benzene rings is 9. The SMILES string of the molecule is CCCCc1nc(N)nc(-c2ccccc2)n1.COc1ccc(C(=O)Nc2nc(C)nc(NC(=O)c3ccc(C)cc3)n2)cc1.COc1cccc(C(=O)Nc2nc(C)nc(NC(=O)c3cccc(C)c3)n2)c1.Cc1ccc(C(=O)Nc2nc(C)nc(NC(=O)c3ccc(C)cc3)n2)cc1.Cc1cccc(Nc2nc(C)nc(Nc3cccc(C)c3)n2)c1.Cc1nc(N2CCCCC2)nc(N2CCCCC2)n1. The van der Waals surface area contributed by atoms with Crippen molar-refractivity contribution >= 4 is 112 Å². The Bertz CT molecular complexity index is 6640. The molecule has 0 unspecified atom stereocenters. The zero-order valence-corrected chi connectivity index (χ0v) is 81.8. The maximum absolute atomic E-state index is 12.4. The fraction of sp³-hybridized carbons (Fsp3) is 0.257. The van der Waals surface area contributed by atoms with Crippen LogP contribution in [0.1, 0.15) is 189 Å². The van der Waals surface area contributed by atoms with Crippen LogP contribution < -0.4 is 67.5 Å². The zero-order chi connectivity index (χ0) is 101. The van der Waals surface area contributed by atoms with E-state index >= 15 is 0 Å². The number of piperidine rings is 2. The van der Waals surface area contributed by atoms with Gasteiger partial charge in [0.1, 0.15) is 46.4 Å². The van der Waals surface area contributed by atoms with Gasteiger partial charge in [0.05, 0.1) is 14.2 Å². The molecule has 0 aliphatic carbocycles. The van der Waals surface area contributed by atoms with Crippen LogP contribution in [-0.2, 0) is 6.42 Å². The van der Waals surface area contributed by atoms with Crippen LogP contribution in [0.2, 0.25) is 0 Å². The average Bonchev–Trinajstić information content (AvgIpc) is 0.841. The minimum Gasteiger partial charge on any atom is -0.497 e. The first-order valence-electron chi connectivity index (χ1n) is 46.3. The number of hydrogen-bond donors (Lipinski definition) is 9. The lowest BCUT2D eigenvalue weighted by Crippen LogP contribution is -2.34. The lowest BCUT2D eigenvalue weighted by atomic mass is 10.1. The summed E-state index contributed by atoms with van der Waals surface area (Å²) in [5.74, 6) is 6.55. The molecule has 37 heteroatoms. The molecule has 0 bridgehead atoms. The van der Waals surface area contributed by atoms with Gasteiger partial charge in [-0.05, 0) is 247 Å². The maximum Gasteiger partial charge on any atom is 0.258 e. The molecule has 6 amide bonds. The van der Waals surface area contributed by atoms with Crippen LogP contribution in [0.15, 0.2) is 224 Å². The molecule has 9 aromatic carbocycles. The van der Waals surface area contributed by atoms with Gasteiger partial charge in [-0.1, -0.05) is 145 Å². The van der Waals surface area contributed by atoms with Crippen LogP contribution in [0.5, 0.6) is 11.5 Å². The summed E-state index contributed by atoms with van der Waals surface area (Å²) in [6, 6.07) is 67.8. The van der Waals surface area contributed by atoms with E-state index in [0.29, 0.717) is 91.8 Å². The lowest BCUT2D eigenvalue weighted by Gasteiger charge is -2.30. The summed E-state index contributed by atoms with van der Waals surface area (Å²) in [5.41, 5.74) is 17.8. The van der Waals surface area contributed by atoms with Crippen LogP contribution in [0.3, 0.4) is 0 Å². The highest BCUT2D eigenvalue weighted by Crippen LogP contribution is 2.26. The maximum atomic E-state index is 12.4. The molecule has 0 radical (unpaired) electrons. The molecule has 17 rings (SSSR count). The molecule has 2 aliphatic rings. The largest absolute Gasteiger partial charge is 0.497 e. The summed E-state index contributed by atoms with van der Waals surface area (Å²) in [5, 5.41) is 22.1. The van der Waals surface area contributed by atoms with Crippen LogP contribution in [0, 0.1) is 76.2 Å². The van der Waals surface area contributed by atoms with E-state index in [-0.39, 0.29) is 65.2 Å². The molecule has 37 nitrogen and oxygen atoms in total. The van der Waals surface area contributed by atoms with Gasteiger partial charge >= 0.3 is 0 Å². The van der Waals surface area contributed by atoms with Crippen molar-refractivity contribution in [2.24, 2.45) is 0 Å². The number of hydrogen-bond acceptors (Lipinski definition) is 31. The Morgan fingerprint density at radius 3 is 0.993 bits per heavy atom. The van der Waals surface area contributed by atoms with Gasteiger partial charge < -0.3 is 35.6 Å². The smallest absolute Gasteiger partial charge is 0.258 e. The standard InChI is InChI=1S/2C20H19N5O3.C20H19N5O2.C18H19N5.C14H23N5.C13H16N4/c1-12-4-6-14(7-5-12)17(26)23-19-21-13(2)22-20(25-19)24-18(27)15-8-10-16(28-3)11-9-15;1-12-6-4-7-14(10-12)17(26)23-19-21-13(2)22-20(25-19)24-18(27)15-8-5-9-16(11-15)28-3;1-12-4-8-15(9-5-12)17(26)23-19-21-14(3)22-20(25-19)24-18(27)16-10-6-13(2)7-11-16;1-12-6-4-8-15(10-12)21-17-19-14(3)20-18(23-17)22-16-9-5-7-13(2)11-16;1-12-15-13(18-8-4-2-5-9-18)17-14(16-12)19-10-6-3-7-11-19;1-2-3-9-11-15-12(17-13(14)16-11)10-7-5-4-6-8-10/h2*4-11H,1-3H3,(H2,21,22,23,24,25,26,27);4-11H,1-3H3,(H2,21,22,23,24,25,26,27);4-11H,1-3H3,(H2,19,20,21,22,23);2-11H2,1H3;4-8H,2-3,9H2,1H3,(H2,14,15,16,17). The van der Waals surface area contributed by atoms with Gasteiger partial charge in [0.2, 0.25) is 65.4 Å². The van der Waals surface area contributed by atoms with Gasteiger partial charge in [-0.3, -0.25) is 60.7 Å². The summed E-state index contributed by atoms with van der Waals surface area (Å²) in [4.78, 5) is 155. The molecule has 2 fully saturated rings. The number of nitrogens with two attached hydrogens (primary N) is 1. The fourth-order valence-corrected chi connectivity index (χ4v) is 14.1. The minimum atomic E-state index is -0.402. The molecular weight excluding hydrogens is 1800 g/mol. The van der Waals surface area contributed by atoms with Crippen LogP contribution in [-0.4, -0.2) is 166 Å². The number of unbranched alkanes of at least 4 members (excludes halogenated alkanes) is 1. The van der Waals surface area contributed by atoms with Gasteiger partial charge in [0.15, 0.2) is 5.82 Å². The first kappa shape index (κ1) is 103. The highest BCUT2D eigenvalue weighted by molar-refractivity contribution is 6.07. The number of nitrogen functional groups attached to an aromatic ring is 1. The highest BCUT2D eigenvalue weighted by Gasteiger charge is 2.23. The number of amides is 6. The van der Waals surface area contributed by atoms with Crippen molar-refractivity contribution in [2.75, 3.05) is 98.5 Å². The van der Waals surface area contributed by atoms with Crippen molar-refractivity contribution in [1.82, 2.24) is 89.7 Å². The zero-order valence-electron chi connectivity index (χ0n) is 81.8. The van der Waals surface area contributed by atoms with Gasteiger partial charge in [-0.25, -0.2) is 4.98 Å². The Balaban J connectivity index is 0.000000153. The monoisotopic (exact) mass is 1910 g/mol. The number of methoxy groups -OCH3 is 2. The molecule has 2 saturated heterocycles. The van der Waals surface area contributed by atoms with Crippen molar-refractivity contribution < 1.29 is 38.2 Å². The number of anilines is 13. The third-order valence-corrected chi connectivity index (χ3v) is 21.3. The number of carbonyl (C=O) groups is 6. The number of aryl methyl sites for hydroxylation is 12. The van der Waals surface area contributed by atoms with E-state index in [1.54, 1.807) is 131 Å². The molecule has 15 aromatic rings. The van der Waals surface area contributed by atoms with Crippen molar-refractivity contribution in [3.63, 3.8) is 0 Å². The first-order valence-corrected chi connectivity index (χ1v) is 46.3. The van der Waals surface area contributed by atoms with Crippen molar-refractivity contribution in [1.29, 1.82) is 0 Å². The van der Waals surface area contributed by atoms with Gasteiger partial charge in [0, 0.05) is 82.9 Å². The quantitative estimate of drug-likeness (QED) is 0.0271. The third-order valence-electron chi connectivity index (χ3n) is 21.3. The summed E-state index contributed by atoms with van der Waals surface area (Å²) < 4.78 is 10.2. The summed E-state index contributed by atoms with van der Waals surface area (Å²) in [7, 11) is 3.07. The molecule has 0 saturated carbocycles. The summed E-state index contributed by atoms with van der Waals surface area (Å²) in [6.07, 6.45) is 10.7. The van der Waals surface area contributed by atoms with Gasteiger partial charge in [0.25, 0.3) is 35.4 Å². The van der Waals surface area contributed by atoms with E-state index in [1.165, 1.54) is 56.8 Å². The number of nitrogens with one attached hydrogen (secondary N) is 8. The average molecular weight is 1910 g/mol. The molecule has 728 valence electrons. The Hall–Kier alpha value is -17.5. The van der Waals surface area contributed by atoms with E-state index in [2.05, 4.69) is 170 Å². The molecule has 0 spiro atoms. The van der Waals surface area contributed by atoms with Crippen molar-refractivity contribution in [3.05, 3.63) is 326 Å². The second kappa shape index (κ2) is 51.6. The van der Waals surface area contributed by atoms with E-state index in [9.17, 15) is 28.8 Å². The molecular formula is C105H115N29O8. The highest BCUT2D eigenvalue weighted by atomic mass is 16.5. The summed E-state index contributed by atoms with van der Waals surface area (Å²) in [6.45, 7) is 27.1. The van der Waals surface area contributed by atoms with E-state index in [1.807, 2.05) is 151 Å². The molecule has 8 heterocycles. The number of rotatable bonds is 24. The van der Waals surface area contributed by atoms with E-state index < -0.39 is 5.91 Å². The minimum absolute atomic E-state index is 0.0415. The van der Waals surface area contributed by atoms with Crippen LogP contribution in [0.4, 0.5) is 76.8 Å². The third kappa shape index (κ3) is 32.9. The molecule has 10 N–H and O–H groups in total. The van der Waals surface area contributed by atoms with Crippen LogP contribution >= 0.6 is 0 Å². The van der Waals surface area contributed by atoms with Crippen molar-refractivity contribution in [2.45, 2.75) is 141 Å². The Labute approximate surface area is 824 Å². The predicted octanol–water partition coefficient (Wildman–Crippen LogP) is 18.2. The number of nitrogens with zero attached hydrogens (tertiary/aromatic N) is 20. The Morgan fingerprint density at radius 1 is 0.296 bits per heavy atom. The molecule has 2 aliphatic heterocycles. The first-order chi connectivity index (χ1) is 68.5. The Kier molecular flexibility index (Phi) is 37.6. The number of carbonyl (C=O) groups excluding carboxylic acids is 6. The molecule has 0 atom stereocenters. The van der Waals surface area contributed by atoms with Gasteiger partial charge in [-0.15, -0.1) is 0 Å². The second-order valence-electron chi connectivity index (χ2n) is 33.2. The lowest BCUT2D eigenvalue weighted by molar-refractivity contribution is 0.101.